The van der Waals surface area contributed by atoms with Crippen LogP contribution in [-0.4, -0.2) is 272 Å². The molecule has 16 amide bonds. The number of hydrogen-bond acceptors (Lipinski definition) is 26. The Morgan fingerprint density at radius 3 is 1.24 bits per heavy atom. The molecule has 0 spiro atoms. The summed E-state index contributed by atoms with van der Waals surface area (Å²) in [5, 5.41) is 93.2. The van der Waals surface area contributed by atoms with Crippen LogP contribution in [0, 0.1) is 11.3 Å². The maximum Gasteiger partial charge on any atom is 0.303 e. The van der Waals surface area contributed by atoms with Crippen molar-refractivity contribution in [3.8, 4) is 5.75 Å². The summed E-state index contributed by atoms with van der Waals surface area (Å²) in [5.74, 6) is -22.0. The molecule has 0 saturated heterocycles. The number of phenols is 1. The first-order valence-corrected chi connectivity index (χ1v) is 42.7. The van der Waals surface area contributed by atoms with Crippen LogP contribution in [0.3, 0.4) is 0 Å². The average molecular weight is 1820 g/mol. The van der Waals surface area contributed by atoms with Crippen molar-refractivity contribution in [1.82, 2.24) is 79.4 Å². The summed E-state index contributed by atoms with van der Waals surface area (Å²) in [6.45, 7) is 1.05. The van der Waals surface area contributed by atoms with E-state index < -0.39 is 255 Å². The van der Waals surface area contributed by atoms with E-state index in [1.54, 1.807) is 74.7 Å². The molecule has 47 heteroatoms. The normalized spacial score (nSPS) is 14.4. The summed E-state index contributed by atoms with van der Waals surface area (Å²) in [6, 6.07) is -3.27. The number of aliphatic hydroxyl groups excluding tert-OH is 2. The molecule has 4 rings (SSSR count). The van der Waals surface area contributed by atoms with Gasteiger partial charge in [0, 0.05) is 55.7 Å². The van der Waals surface area contributed by atoms with E-state index in [0.717, 1.165) is 0 Å². The molecule has 0 aliphatic carbocycles. The fourth-order valence-corrected chi connectivity index (χ4v) is 13.4. The number of rotatable bonds is 61. The molecule has 1 aromatic heterocycles. The summed E-state index contributed by atoms with van der Waals surface area (Å²) in [5.41, 5.74) is 41.2. The second-order valence-corrected chi connectivity index (χ2v) is 31.5. The van der Waals surface area contributed by atoms with Gasteiger partial charge in [0.25, 0.3) is 0 Å². The number of guanidine groups is 1. The van der Waals surface area contributed by atoms with Crippen LogP contribution in [0.15, 0.2) is 85.1 Å². The van der Waals surface area contributed by atoms with E-state index >= 15 is 0 Å². The Morgan fingerprint density at radius 1 is 0.414 bits per heavy atom. The van der Waals surface area contributed by atoms with Gasteiger partial charge < -0.3 is 145 Å². The lowest BCUT2D eigenvalue weighted by Gasteiger charge is -2.29. The Balaban J connectivity index is 1.64. The number of amides is 16. The third kappa shape index (κ3) is 38.4. The number of carbonyl (C=O) groups is 18. The van der Waals surface area contributed by atoms with Gasteiger partial charge in [0.05, 0.1) is 32.1 Å². The van der Waals surface area contributed by atoms with Crippen LogP contribution in [0.25, 0.3) is 10.9 Å². The van der Waals surface area contributed by atoms with Gasteiger partial charge in [0.15, 0.2) is 5.96 Å². The molecule has 128 heavy (non-hydrogen) atoms. The van der Waals surface area contributed by atoms with Crippen LogP contribution in [0.4, 0.5) is 0 Å². The molecule has 0 fully saturated rings. The highest BCUT2D eigenvalue weighted by atomic mass is 32.2. The van der Waals surface area contributed by atoms with Crippen molar-refractivity contribution in [2.45, 2.75) is 214 Å². The van der Waals surface area contributed by atoms with Crippen molar-refractivity contribution in [3.63, 3.8) is 0 Å². The number of hydrogen-bond donors (Lipinski definition) is 28. The van der Waals surface area contributed by atoms with E-state index in [2.05, 4.69) is 79.4 Å². The zero-order chi connectivity index (χ0) is 95.3. The van der Waals surface area contributed by atoms with Crippen LogP contribution in [0.1, 0.15) is 127 Å². The van der Waals surface area contributed by atoms with Crippen molar-refractivity contribution in [3.05, 3.63) is 102 Å². The molecule has 0 bridgehead atoms. The molecule has 1 heterocycles. The number of fused-ring (bicyclic) bond motifs is 1. The van der Waals surface area contributed by atoms with Gasteiger partial charge >= 0.3 is 11.9 Å². The number of primary amides is 3. The summed E-state index contributed by atoms with van der Waals surface area (Å²) in [4.78, 5) is 250. The highest BCUT2D eigenvalue weighted by Crippen LogP contribution is 2.21. The van der Waals surface area contributed by atoms with Gasteiger partial charge in [-0.1, -0.05) is 80.9 Å². The maximum atomic E-state index is 14.9. The predicted molar refractivity (Wildman–Crippen MR) is 465 cm³/mol. The van der Waals surface area contributed by atoms with Gasteiger partial charge in [-0.05, 0) is 130 Å². The van der Waals surface area contributed by atoms with Gasteiger partial charge in [-0.3, -0.25) is 91.7 Å². The molecule has 0 aliphatic heterocycles. The quantitative estimate of drug-likeness (QED) is 0.0111. The lowest BCUT2D eigenvalue weighted by atomic mass is 9.99. The van der Waals surface area contributed by atoms with Gasteiger partial charge in [-0.2, -0.15) is 11.8 Å². The van der Waals surface area contributed by atoms with Gasteiger partial charge in [-0.25, -0.2) is 0 Å². The number of phenolic OH excluding ortho intramolecular Hbond substituents is 1. The van der Waals surface area contributed by atoms with Crippen LogP contribution < -0.4 is 115 Å². The number of carboxylic acids is 2. The topological polar surface area (TPSA) is 799 Å². The zero-order valence-electron chi connectivity index (χ0n) is 71.2. The minimum Gasteiger partial charge on any atom is -0.508 e. The second kappa shape index (κ2) is 56.1. The van der Waals surface area contributed by atoms with E-state index in [1.807, 2.05) is 0 Å². The van der Waals surface area contributed by atoms with Gasteiger partial charge in [0.1, 0.15) is 84.3 Å². The smallest absolute Gasteiger partial charge is 0.303 e. The minimum atomic E-state index is -2.10. The third-order valence-corrected chi connectivity index (χ3v) is 20.6. The molecule has 0 radical (unpaired) electrons. The number of unbranched alkanes of at least 4 members (excludes halogenated alkanes) is 2. The van der Waals surface area contributed by atoms with Gasteiger partial charge in [0.2, 0.25) is 94.5 Å². The number of para-hydroxylation sites is 1. The largest absolute Gasteiger partial charge is 0.508 e. The first-order chi connectivity index (χ1) is 60.7. The zero-order valence-corrected chi connectivity index (χ0v) is 72.1. The first-order valence-electron chi connectivity index (χ1n) is 41.3. The maximum absolute atomic E-state index is 14.9. The Kier molecular flexibility index (Phi) is 47.0. The molecule has 35 N–H and O–H groups in total. The third-order valence-electron chi connectivity index (χ3n) is 19.9. The molecule has 3 aromatic carbocycles. The Labute approximate surface area is 740 Å². The molecular weight excluding hydrogens is 1700 g/mol. The van der Waals surface area contributed by atoms with Crippen molar-refractivity contribution in [1.29, 1.82) is 5.41 Å². The molecule has 46 nitrogen and oxygen atoms in total. The average Bonchev–Trinajstić information content (AvgIpc) is 1.56. The lowest BCUT2D eigenvalue weighted by molar-refractivity contribution is -0.139. The van der Waals surface area contributed by atoms with Crippen LogP contribution in [0.5, 0.6) is 5.75 Å². The molecule has 0 unspecified atom stereocenters. The predicted octanol–water partition coefficient (Wildman–Crippen LogP) is -7.59. The highest BCUT2D eigenvalue weighted by Gasteiger charge is 2.40. The van der Waals surface area contributed by atoms with E-state index in [0.29, 0.717) is 47.0 Å². The number of nitrogens with one attached hydrogen (secondary N) is 16. The van der Waals surface area contributed by atoms with E-state index in [1.165, 1.54) is 42.2 Å². The number of nitrogens with two attached hydrogens (primary N) is 7. The second-order valence-electron chi connectivity index (χ2n) is 30.5. The fraction of sp³-hybridized carbons (Fsp3) is 0.519. The molecule has 704 valence electrons. The van der Waals surface area contributed by atoms with Crippen molar-refractivity contribution in [2.75, 3.05) is 44.9 Å². The summed E-state index contributed by atoms with van der Waals surface area (Å²) in [7, 11) is 0. The summed E-state index contributed by atoms with van der Waals surface area (Å²) >= 11 is 1.18. The minimum absolute atomic E-state index is 0.0102. The van der Waals surface area contributed by atoms with Crippen molar-refractivity contribution in [2.24, 2.45) is 46.1 Å². The monoisotopic (exact) mass is 1820 g/mol. The number of aliphatic hydroxyl groups is 2. The summed E-state index contributed by atoms with van der Waals surface area (Å²) < 4.78 is 0. The number of benzene rings is 3. The number of aromatic nitrogens is 1. The van der Waals surface area contributed by atoms with Crippen LogP contribution >= 0.6 is 11.8 Å². The van der Waals surface area contributed by atoms with Gasteiger partial charge in [-0.15, -0.1) is 0 Å². The standard InChI is InChI=1S/C81H121N23O23S/c1-42(2)66(80(127)97-55(67(87)114)34-44-21-23-46(107)24-22-44)104-73(120)51(20-13-32-90-81(88)89)93-74(121)56(35-43-14-5-4-6-15-43)99-70(117)52(25-27-64(110)111)95-78(125)60(40-105)103-71(118)53(26-28-65(112)113)94-72(119)54(29-33-128-3)96-75(122)57(36-45-39-91-49-18-8-7-16-47(45)49)100-79(126)61(41-106)102-69(116)50(19-10-12-31-83)92-76(123)59(38-63(86)109)101-77(124)58(37-62(85)108)98-68(115)48(84)17-9-11-30-82/h4-8,14-16,18,21-24,39,42,48,50-61,66,91,105-107H,9-13,17,19-20,25-38,40-41,82-84H2,1-3H3,(H2,85,108)(H2,86,109)(H2,87,114)(H,92,123)(H,93,121)(H,94,119)(H,95,125)(H,96,122)(H,97,127)(H,98,115)(H,99,117)(H,100,126)(H,101,124)(H,102,116)(H,103,118)(H,104,120)(H,110,111)(H,112,113)(H4,88,89,90)/t48-,50-,51-,52-,53-,54-,55-,56-,57-,58-,59-,60-,61-,66-/m0/s1. The number of thioether (sulfide) groups is 1. The van der Waals surface area contributed by atoms with Crippen LogP contribution in [-0.2, 0) is 106 Å². The van der Waals surface area contributed by atoms with E-state index in [-0.39, 0.29) is 88.8 Å². The Hall–Kier alpha value is -13.1. The molecule has 0 saturated carbocycles. The first kappa shape index (κ1) is 107. The number of carbonyl (C=O) groups excluding carboxylic acids is 16. The fourth-order valence-electron chi connectivity index (χ4n) is 12.9. The number of carboxylic acid groups (broad SMARTS) is 2. The lowest BCUT2D eigenvalue weighted by Crippen LogP contribution is -2.62. The Morgan fingerprint density at radius 2 is 0.789 bits per heavy atom. The highest BCUT2D eigenvalue weighted by molar-refractivity contribution is 7.98. The molecule has 4 aromatic rings. The molecule has 14 atom stereocenters. The van der Waals surface area contributed by atoms with Crippen molar-refractivity contribution >= 4 is 135 Å². The van der Waals surface area contributed by atoms with Crippen LogP contribution in [0.2, 0.25) is 0 Å². The number of aromatic amines is 1. The van der Waals surface area contributed by atoms with E-state index in [4.69, 9.17) is 45.5 Å². The number of aliphatic carboxylic acids is 2. The van der Waals surface area contributed by atoms with Crippen molar-refractivity contribution < 1.29 is 112 Å². The van der Waals surface area contributed by atoms with E-state index in [9.17, 15) is 112 Å². The summed E-state index contributed by atoms with van der Waals surface area (Å²) in [6.07, 6.45) is -1.79. The SMILES string of the molecule is CSCC[C@H](NC(=O)[C@H](Cc1c[nH]c2ccccc12)NC(=O)[C@H](CO)NC(=O)[C@H](CCCCN)NC(=O)[C@H](CC(N)=O)NC(=O)[C@H](CC(N)=O)NC(=O)[C@@H](N)CCCCN)C(=O)N[C@@H](CCC(=O)O)C(=O)N[C@@H](CO)C(=O)N[C@@H](CCC(=O)O)C(=O)N[C@@H](Cc1ccccc1)C(=O)N[C@@H](CCCNC(=N)N)C(=O)N[C@H](C(=O)N[C@@H](Cc1ccc(O)cc1)C(N)=O)C(C)C. The molecule has 0 aliphatic rings. The Bertz CT molecular complexity index is 4450. The molecular formula is C81H121N23O23S. The number of aromatic hydroxyl groups is 1. The number of H-pyrrole nitrogens is 1.